The van der Waals surface area contributed by atoms with Crippen LogP contribution in [-0.4, -0.2) is 28.1 Å². The Kier molecular flexibility index (Phi) is 9.21. The van der Waals surface area contributed by atoms with Gasteiger partial charge in [-0.15, -0.1) is 0 Å². The summed E-state index contributed by atoms with van der Waals surface area (Å²) in [4.78, 5) is 27.5. The van der Waals surface area contributed by atoms with E-state index in [0.29, 0.717) is 28.1 Å². The molecule has 13 heteroatoms. The minimum absolute atomic E-state index is 0.0654. The quantitative estimate of drug-likeness (QED) is 0.156. The van der Waals surface area contributed by atoms with Crippen molar-refractivity contribution >= 4 is 52.4 Å². The summed E-state index contributed by atoms with van der Waals surface area (Å²) in [5.41, 5.74) is 1.44. The van der Waals surface area contributed by atoms with Crippen molar-refractivity contribution in [2.75, 3.05) is 23.1 Å². The van der Waals surface area contributed by atoms with Gasteiger partial charge < -0.3 is 20.7 Å². The number of rotatable bonds is 8. The van der Waals surface area contributed by atoms with Gasteiger partial charge in [-0.3, -0.25) is 0 Å². The van der Waals surface area contributed by atoms with Crippen LogP contribution in [0.25, 0.3) is 11.4 Å². The summed E-state index contributed by atoms with van der Waals surface area (Å²) in [6.45, 7) is 1.86. The summed E-state index contributed by atoms with van der Waals surface area (Å²) >= 11 is 7.05. The van der Waals surface area contributed by atoms with Gasteiger partial charge in [-0.05, 0) is 91.0 Å². The summed E-state index contributed by atoms with van der Waals surface area (Å²) in [7, 11) is 1.59. The molecular formula is C31H24ClF3N6O2S. The first-order chi connectivity index (χ1) is 21.1. The topological polar surface area (TPSA) is 101 Å². The number of alkyl halides is 3. The highest BCUT2D eigenvalue weighted by molar-refractivity contribution is 7.99. The number of carbonyl (C=O) groups excluding carboxylic acids is 1. The van der Waals surface area contributed by atoms with Gasteiger partial charge in [0.05, 0.1) is 17.7 Å². The molecule has 5 rings (SSSR count). The number of aromatic nitrogens is 3. The molecule has 1 heterocycles. The number of aryl methyl sites for hydroxylation is 1. The Labute approximate surface area is 260 Å². The average Bonchev–Trinajstić information content (AvgIpc) is 2.99. The van der Waals surface area contributed by atoms with Crippen molar-refractivity contribution in [1.82, 2.24) is 15.0 Å². The van der Waals surface area contributed by atoms with E-state index in [4.69, 9.17) is 16.3 Å². The maximum atomic E-state index is 13.2. The van der Waals surface area contributed by atoms with Crippen LogP contribution in [0.4, 0.5) is 41.0 Å². The summed E-state index contributed by atoms with van der Waals surface area (Å²) in [5, 5.41) is 8.26. The molecule has 0 spiro atoms. The standard InChI is InChI=1S/C31H24ClF3N6O2S/c1-18-8-11-21(37-29(42)36-20-12-15-25(32)24(16-20)31(33,34)35)17-26(18)38-28-39-27(19-9-13-22(43-2)14-10-19)40-30(41-28)44-23-6-4-3-5-7-23/h3-17H,1-2H3,(H2,36,37,42)(H,38,39,40,41). The Morgan fingerprint density at radius 2 is 1.55 bits per heavy atom. The molecular weight excluding hydrogens is 613 g/mol. The number of methoxy groups -OCH3 is 1. The molecule has 3 N–H and O–H groups in total. The van der Waals surface area contributed by atoms with Crippen LogP contribution in [0, 0.1) is 6.92 Å². The molecule has 0 bridgehead atoms. The molecule has 4 aromatic carbocycles. The molecule has 8 nitrogen and oxygen atoms in total. The largest absolute Gasteiger partial charge is 0.497 e. The zero-order chi connectivity index (χ0) is 31.3. The third-order valence-electron chi connectivity index (χ3n) is 6.19. The summed E-state index contributed by atoms with van der Waals surface area (Å²) in [6, 6.07) is 24.5. The van der Waals surface area contributed by atoms with Crippen LogP contribution in [0.5, 0.6) is 5.75 Å². The maximum absolute atomic E-state index is 13.2. The summed E-state index contributed by atoms with van der Waals surface area (Å²) in [5.74, 6) is 1.41. The molecule has 0 saturated heterocycles. The van der Waals surface area contributed by atoms with Crippen LogP contribution >= 0.6 is 23.4 Å². The Morgan fingerprint density at radius 3 is 2.23 bits per heavy atom. The van der Waals surface area contributed by atoms with Gasteiger partial charge in [0.1, 0.15) is 5.75 Å². The van der Waals surface area contributed by atoms with Crippen LogP contribution in [-0.2, 0) is 6.18 Å². The molecule has 1 aromatic heterocycles. The lowest BCUT2D eigenvalue weighted by Crippen LogP contribution is -2.20. The fourth-order valence-corrected chi connectivity index (χ4v) is 4.98. The molecule has 0 fully saturated rings. The Balaban J connectivity index is 1.38. The number of nitrogens with one attached hydrogen (secondary N) is 3. The van der Waals surface area contributed by atoms with E-state index in [1.807, 2.05) is 61.5 Å². The number of carbonyl (C=O) groups is 1. The predicted octanol–water partition coefficient (Wildman–Crippen LogP) is 9.07. The first-order valence-corrected chi connectivity index (χ1v) is 14.2. The minimum atomic E-state index is -4.66. The molecule has 0 radical (unpaired) electrons. The normalized spacial score (nSPS) is 11.1. The number of ether oxygens (including phenoxy) is 1. The SMILES string of the molecule is COc1ccc(-c2nc(Nc3cc(NC(=O)Nc4ccc(Cl)c(C(F)(F)F)c4)ccc3C)nc(Sc3ccccc3)n2)cc1. The highest BCUT2D eigenvalue weighted by Crippen LogP contribution is 2.36. The number of urea groups is 1. The third-order valence-corrected chi connectivity index (χ3v) is 7.39. The van der Waals surface area contributed by atoms with Gasteiger partial charge in [0.15, 0.2) is 11.0 Å². The molecule has 2 amide bonds. The van der Waals surface area contributed by atoms with E-state index in [0.717, 1.165) is 28.2 Å². The van der Waals surface area contributed by atoms with Gasteiger partial charge in [-0.1, -0.05) is 35.9 Å². The van der Waals surface area contributed by atoms with Gasteiger partial charge in [0.25, 0.3) is 0 Å². The molecule has 0 aliphatic carbocycles. The monoisotopic (exact) mass is 636 g/mol. The lowest BCUT2D eigenvalue weighted by Gasteiger charge is -2.14. The molecule has 0 atom stereocenters. The van der Waals surface area contributed by atoms with Crippen LogP contribution < -0.4 is 20.7 Å². The van der Waals surface area contributed by atoms with Crippen LogP contribution in [0.2, 0.25) is 5.02 Å². The molecule has 5 aromatic rings. The highest BCUT2D eigenvalue weighted by atomic mass is 35.5. The number of halogens is 4. The molecule has 0 aliphatic heterocycles. The zero-order valence-corrected chi connectivity index (χ0v) is 24.8. The van der Waals surface area contributed by atoms with Gasteiger partial charge in [-0.25, -0.2) is 9.78 Å². The lowest BCUT2D eigenvalue weighted by atomic mass is 10.2. The fourth-order valence-electron chi connectivity index (χ4n) is 3.99. The summed E-state index contributed by atoms with van der Waals surface area (Å²) < 4.78 is 44.9. The Morgan fingerprint density at radius 1 is 0.864 bits per heavy atom. The minimum Gasteiger partial charge on any atom is -0.497 e. The van der Waals surface area contributed by atoms with E-state index in [1.165, 1.54) is 17.8 Å². The van der Waals surface area contributed by atoms with E-state index in [1.54, 1.807) is 25.3 Å². The van der Waals surface area contributed by atoms with Crippen LogP contribution in [0.15, 0.2) is 101 Å². The van der Waals surface area contributed by atoms with E-state index in [2.05, 4.69) is 30.9 Å². The third kappa shape index (κ3) is 7.77. The highest BCUT2D eigenvalue weighted by Gasteiger charge is 2.33. The van der Waals surface area contributed by atoms with Gasteiger partial charge in [-0.2, -0.15) is 23.1 Å². The molecule has 44 heavy (non-hydrogen) atoms. The first-order valence-electron chi connectivity index (χ1n) is 13.0. The number of hydrogen-bond donors (Lipinski definition) is 3. The van der Waals surface area contributed by atoms with Crippen molar-refractivity contribution in [1.29, 1.82) is 0 Å². The second-order valence-corrected chi connectivity index (χ2v) is 10.8. The number of anilines is 4. The Bertz CT molecular complexity index is 1790. The number of nitrogens with zero attached hydrogens (tertiary/aromatic N) is 3. The smallest absolute Gasteiger partial charge is 0.417 e. The summed E-state index contributed by atoms with van der Waals surface area (Å²) in [6.07, 6.45) is -4.66. The van der Waals surface area contributed by atoms with Gasteiger partial charge in [0.2, 0.25) is 5.95 Å². The second kappa shape index (κ2) is 13.2. The van der Waals surface area contributed by atoms with Crippen molar-refractivity contribution in [3.63, 3.8) is 0 Å². The van der Waals surface area contributed by atoms with Crippen molar-refractivity contribution in [3.05, 3.63) is 107 Å². The van der Waals surface area contributed by atoms with E-state index in [9.17, 15) is 18.0 Å². The van der Waals surface area contributed by atoms with Crippen molar-refractivity contribution in [2.24, 2.45) is 0 Å². The number of benzene rings is 4. The Hall–Kier alpha value is -4.81. The van der Waals surface area contributed by atoms with Crippen LogP contribution in [0.3, 0.4) is 0 Å². The fraction of sp³-hybridized carbons (Fsp3) is 0.0968. The van der Waals surface area contributed by atoms with E-state index < -0.39 is 22.8 Å². The maximum Gasteiger partial charge on any atom is 0.417 e. The lowest BCUT2D eigenvalue weighted by molar-refractivity contribution is -0.137. The van der Waals surface area contributed by atoms with Crippen LogP contribution in [0.1, 0.15) is 11.1 Å². The first kappa shape index (κ1) is 30.6. The molecule has 224 valence electrons. The van der Waals surface area contributed by atoms with Crippen molar-refractivity contribution < 1.29 is 22.7 Å². The number of hydrogen-bond acceptors (Lipinski definition) is 7. The van der Waals surface area contributed by atoms with Gasteiger partial charge >= 0.3 is 12.2 Å². The zero-order valence-electron chi connectivity index (χ0n) is 23.2. The van der Waals surface area contributed by atoms with Crippen molar-refractivity contribution in [3.8, 4) is 17.1 Å². The predicted molar refractivity (Wildman–Crippen MR) is 166 cm³/mol. The number of amides is 2. The molecule has 0 saturated carbocycles. The van der Waals surface area contributed by atoms with E-state index >= 15 is 0 Å². The van der Waals surface area contributed by atoms with Gasteiger partial charge in [0, 0.05) is 27.5 Å². The second-order valence-electron chi connectivity index (χ2n) is 9.34. The molecule has 0 unspecified atom stereocenters. The van der Waals surface area contributed by atoms with E-state index in [-0.39, 0.29) is 11.6 Å². The average molecular weight is 637 g/mol. The van der Waals surface area contributed by atoms with Crippen molar-refractivity contribution in [2.45, 2.75) is 23.2 Å². The molecule has 0 aliphatic rings.